The van der Waals surface area contributed by atoms with Crippen molar-refractivity contribution in [1.29, 1.82) is 0 Å². The molecule has 0 unspecified atom stereocenters. The van der Waals surface area contributed by atoms with E-state index in [0.717, 1.165) is 36.0 Å². The van der Waals surface area contributed by atoms with Gasteiger partial charge in [-0.3, -0.25) is 4.79 Å². The first-order chi connectivity index (χ1) is 11.2. The predicted molar refractivity (Wildman–Crippen MR) is 95.7 cm³/mol. The highest BCUT2D eigenvalue weighted by Gasteiger charge is 2.18. The zero-order chi connectivity index (χ0) is 16.2. The maximum absolute atomic E-state index is 11.6. The van der Waals surface area contributed by atoms with Crippen LogP contribution in [-0.4, -0.2) is 19.6 Å². The first-order valence-electron chi connectivity index (χ1n) is 7.84. The van der Waals surface area contributed by atoms with Gasteiger partial charge in [-0.1, -0.05) is 46.3 Å². The number of esters is 1. The minimum Gasteiger partial charge on any atom is -0.469 e. The topological polar surface area (TPSA) is 29.5 Å². The van der Waals surface area contributed by atoms with Crippen LogP contribution >= 0.6 is 15.9 Å². The third-order valence-corrected chi connectivity index (χ3v) is 4.80. The van der Waals surface area contributed by atoms with E-state index in [9.17, 15) is 4.79 Å². The number of nitrogens with zero attached hydrogens (tertiary/aromatic N) is 1. The summed E-state index contributed by atoms with van der Waals surface area (Å²) in [6.45, 7) is 1.85. The molecule has 3 nitrogen and oxygen atoms in total. The van der Waals surface area contributed by atoms with Gasteiger partial charge in [0.1, 0.15) is 0 Å². The zero-order valence-corrected chi connectivity index (χ0v) is 14.8. The van der Waals surface area contributed by atoms with E-state index in [2.05, 4.69) is 45.1 Å². The molecule has 0 radical (unpaired) electrons. The second kappa shape index (κ2) is 7.18. The van der Waals surface area contributed by atoms with Gasteiger partial charge in [-0.25, -0.2) is 0 Å². The molecule has 0 saturated heterocycles. The van der Waals surface area contributed by atoms with Crippen LogP contribution in [0.4, 0.5) is 5.69 Å². The van der Waals surface area contributed by atoms with Crippen LogP contribution in [0.5, 0.6) is 0 Å². The van der Waals surface area contributed by atoms with Crippen molar-refractivity contribution in [3.63, 3.8) is 0 Å². The van der Waals surface area contributed by atoms with Crippen LogP contribution in [0.25, 0.3) is 0 Å². The van der Waals surface area contributed by atoms with Crippen LogP contribution in [-0.2, 0) is 28.9 Å². The number of methoxy groups -OCH3 is 1. The van der Waals surface area contributed by atoms with Gasteiger partial charge in [-0.05, 0) is 41.7 Å². The second-order valence-corrected chi connectivity index (χ2v) is 6.74. The van der Waals surface area contributed by atoms with Gasteiger partial charge in [0.15, 0.2) is 0 Å². The number of carbonyl (C=O) groups excluding carboxylic acids is 1. The Hall–Kier alpha value is -1.81. The molecule has 23 heavy (non-hydrogen) atoms. The Morgan fingerprint density at radius 2 is 2.00 bits per heavy atom. The average Bonchev–Trinajstić information content (AvgIpc) is 2.57. The van der Waals surface area contributed by atoms with E-state index in [-0.39, 0.29) is 5.97 Å². The summed E-state index contributed by atoms with van der Waals surface area (Å²) in [4.78, 5) is 14.0. The van der Waals surface area contributed by atoms with Crippen molar-refractivity contribution < 1.29 is 9.53 Å². The molecule has 1 aliphatic heterocycles. The summed E-state index contributed by atoms with van der Waals surface area (Å²) in [5, 5.41) is 0. The Morgan fingerprint density at radius 1 is 1.22 bits per heavy atom. The largest absolute Gasteiger partial charge is 0.469 e. The number of anilines is 1. The minimum absolute atomic E-state index is 0.195. The van der Waals surface area contributed by atoms with Gasteiger partial charge in [0.05, 0.1) is 13.5 Å². The number of carbonyl (C=O) groups is 1. The van der Waals surface area contributed by atoms with Crippen molar-refractivity contribution in [1.82, 2.24) is 0 Å². The number of benzene rings is 2. The summed E-state index contributed by atoms with van der Waals surface area (Å²) in [5.41, 5.74) is 4.91. The van der Waals surface area contributed by atoms with E-state index in [1.165, 1.54) is 23.9 Å². The minimum atomic E-state index is -0.195. The number of fused-ring (bicyclic) bond motifs is 1. The monoisotopic (exact) mass is 373 g/mol. The molecule has 0 amide bonds. The maximum atomic E-state index is 11.6. The highest BCUT2D eigenvalue weighted by Crippen LogP contribution is 2.31. The first kappa shape index (κ1) is 16.1. The highest BCUT2D eigenvalue weighted by atomic mass is 79.9. The standard InChI is InChI=1S/C19H20BrNO2/c1-23-19(22)11-15-5-2-3-6-16(15)13-21-10-4-7-14-8-9-17(20)12-18(14)21/h2-3,5-6,8-9,12H,4,7,10-11,13H2,1H3. The Morgan fingerprint density at radius 3 is 2.78 bits per heavy atom. The Balaban J connectivity index is 1.86. The van der Waals surface area contributed by atoms with Crippen molar-refractivity contribution in [3.8, 4) is 0 Å². The molecule has 1 aliphatic rings. The van der Waals surface area contributed by atoms with Gasteiger partial charge in [0.25, 0.3) is 0 Å². The molecule has 0 bridgehead atoms. The molecule has 0 aromatic heterocycles. The zero-order valence-electron chi connectivity index (χ0n) is 13.2. The molecule has 0 fully saturated rings. The third-order valence-electron chi connectivity index (χ3n) is 4.30. The van der Waals surface area contributed by atoms with Crippen LogP contribution in [0.1, 0.15) is 23.1 Å². The fourth-order valence-corrected chi connectivity index (χ4v) is 3.45. The molecule has 2 aromatic rings. The molecule has 4 heteroatoms. The fraction of sp³-hybridized carbons (Fsp3) is 0.316. The molecule has 2 aromatic carbocycles. The van der Waals surface area contributed by atoms with Crippen molar-refractivity contribution in [3.05, 3.63) is 63.6 Å². The van der Waals surface area contributed by atoms with Gasteiger partial charge in [0.2, 0.25) is 0 Å². The molecule has 1 heterocycles. The lowest BCUT2D eigenvalue weighted by Crippen LogP contribution is -2.29. The van der Waals surface area contributed by atoms with E-state index in [4.69, 9.17) is 4.74 Å². The van der Waals surface area contributed by atoms with E-state index in [0.29, 0.717) is 6.42 Å². The van der Waals surface area contributed by atoms with E-state index in [1.54, 1.807) is 0 Å². The summed E-state index contributed by atoms with van der Waals surface area (Å²) >= 11 is 3.57. The van der Waals surface area contributed by atoms with Crippen LogP contribution in [0.2, 0.25) is 0 Å². The number of halogens is 1. The summed E-state index contributed by atoms with van der Waals surface area (Å²) in [7, 11) is 1.43. The lowest BCUT2D eigenvalue weighted by atomic mass is 9.99. The first-order valence-corrected chi connectivity index (χ1v) is 8.63. The number of hydrogen-bond acceptors (Lipinski definition) is 3. The fourth-order valence-electron chi connectivity index (χ4n) is 3.11. The molecular weight excluding hydrogens is 354 g/mol. The molecule has 0 N–H and O–H groups in total. The molecule has 0 saturated carbocycles. The Bertz CT molecular complexity index is 714. The van der Waals surface area contributed by atoms with Crippen molar-refractivity contribution in [2.75, 3.05) is 18.6 Å². The lowest BCUT2D eigenvalue weighted by molar-refractivity contribution is -0.139. The van der Waals surface area contributed by atoms with Gasteiger partial charge >= 0.3 is 5.97 Å². The number of rotatable bonds is 4. The molecule has 120 valence electrons. The summed E-state index contributed by atoms with van der Waals surface area (Å²) in [5.74, 6) is -0.195. The van der Waals surface area contributed by atoms with Gasteiger partial charge in [0, 0.05) is 23.2 Å². The number of hydrogen-bond donors (Lipinski definition) is 0. The van der Waals surface area contributed by atoms with Crippen molar-refractivity contribution >= 4 is 27.6 Å². The number of ether oxygens (including phenoxy) is 1. The predicted octanol–water partition coefficient (Wildman–Crippen LogP) is 4.12. The van der Waals surface area contributed by atoms with Gasteiger partial charge in [-0.15, -0.1) is 0 Å². The van der Waals surface area contributed by atoms with Crippen LogP contribution in [0.15, 0.2) is 46.9 Å². The quantitative estimate of drug-likeness (QED) is 0.755. The lowest BCUT2D eigenvalue weighted by Gasteiger charge is -2.32. The molecule has 0 aliphatic carbocycles. The van der Waals surface area contributed by atoms with Crippen molar-refractivity contribution in [2.45, 2.75) is 25.8 Å². The summed E-state index contributed by atoms with van der Waals surface area (Å²) < 4.78 is 5.92. The molecule has 0 spiro atoms. The number of aryl methyl sites for hydroxylation is 1. The maximum Gasteiger partial charge on any atom is 0.309 e. The van der Waals surface area contributed by atoms with Crippen molar-refractivity contribution in [2.24, 2.45) is 0 Å². The average molecular weight is 374 g/mol. The molecular formula is C19H20BrNO2. The van der Waals surface area contributed by atoms with E-state index in [1.807, 2.05) is 18.2 Å². The third kappa shape index (κ3) is 3.75. The van der Waals surface area contributed by atoms with Crippen LogP contribution < -0.4 is 4.90 Å². The van der Waals surface area contributed by atoms with Gasteiger partial charge in [-0.2, -0.15) is 0 Å². The van der Waals surface area contributed by atoms with E-state index < -0.39 is 0 Å². The normalized spacial score (nSPS) is 13.6. The molecule has 3 rings (SSSR count). The van der Waals surface area contributed by atoms with E-state index >= 15 is 0 Å². The van der Waals surface area contributed by atoms with Crippen LogP contribution in [0, 0.1) is 0 Å². The summed E-state index contributed by atoms with van der Waals surface area (Å²) in [6.07, 6.45) is 2.61. The summed E-state index contributed by atoms with van der Waals surface area (Å²) in [6, 6.07) is 14.6. The Labute approximate surface area is 145 Å². The SMILES string of the molecule is COC(=O)Cc1ccccc1CN1CCCc2ccc(Br)cc21. The second-order valence-electron chi connectivity index (χ2n) is 5.82. The smallest absolute Gasteiger partial charge is 0.309 e. The highest BCUT2D eigenvalue weighted by molar-refractivity contribution is 9.10. The van der Waals surface area contributed by atoms with Crippen LogP contribution in [0.3, 0.4) is 0 Å². The molecule has 0 atom stereocenters. The van der Waals surface area contributed by atoms with Gasteiger partial charge < -0.3 is 9.64 Å². The Kier molecular flexibility index (Phi) is 5.01.